The molecule has 1 aliphatic rings. The Hall–Kier alpha value is -1.04. The summed E-state index contributed by atoms with van der Waals surface area (Å²) >= 11 is 3.92. The van der Waals surface area contributed by atoms with E-state index in [0.717, 1.165) is 0 Å². The minimum absolute atomic E-state index is 0.0757. The highest BCUT2D eigenvalue weighted by Gasteiger charge is 2.34. The zero-order valence-corrected chi connectivity index (χ0v) is 9.07. The van der Waals surface area contributed by atoms with Gasteiger partial charge in [-0.1, -0.05) is 0 Å². The average Bonchev–Trinajstić information content (AvgIpc) is 2.17. The first-order chi connectivity index (χ1) is 7.06. The highest BCUT2D eigenvalue weighted by atomic mass is 32.1. The third-order valence-corrected chi connectivity index (χ3v) is 2.58. The van der Waals surface area contributed by atoms with E-state index in [-0.39, 0.29) is 37.5 Å². The number of carboxylic acids is 1. The van der Waals surface area contributed by atoms with Gasteiger partial charge in [-0.05, 0) is 5.75 Å². The van der Waals surface area contributed by atoms with Crippen LogP contribution in [0.15, 0.2) is 0 Å². The van der Waals surface area contributed by atoms with Crippen molar-refractivity contribution in [3.63, 3.8) is 0 Å². The summed E-state index contributed by atoms with van der Waals surface area (Å²) < 4.78 is 0. The van der Waals surface area contributed by atoms with Crippen molar-refractivity contribution >= 4 is 30.3 Å². The molecule has 0 bridgehead atoms. The number of Topliss-reactive ketones (excluding diaryl/α,β-unsaturated/α-hetero) is 1. The molecular formula is C9H13NO4S. The van der Waals surface area contributed by atoms with Crippen LogP contribution in [0.4, 0.5) is 0 Å². The highest BCUT2D eigenvalue weighted by Crippen LogP contribution is 2.16. The van der Waals surface area contributed by atoms with Gasteiger partial charge in [-0.15, -0.1) is 0 Å². The van der Waals surface area contributed by atoms with Crippen LogP contribution in [0.3, 0.4) is 0 Å². The molecule has 1 amide bonds. The lowest BCUT2D eigenvalue weighted by Crippen LogP contribution is -2.50. The van der Waals surface area contributed by atoms with Gasteiger partial charge >= 0.3 is 5.97 Å². The number of hydrogen-bond donors (Lipinski definition) is 2. The monoisotopic (exact) mass is 231 g/mol. The minimum Gasteiger partial charge on any atom is -0.480 e. The molecule has 0 aromatic carbocycles. The summed E-state index contributed by atoms with van der Waals surface area (Å²) in [6.45, 7) is 0.211. The Morgan fingerprint density at radius 3 is 2.73 bits per heavy atom. The quantitative estimate of drug-likeness (QED) is 0.668. The molecule has 0 radical (unpaired) electrons. The van der Waals surface area contributed by atoms with E-state index in [1.807, 2.05) is 0 Å². The molecule has 0 aromatic rings. The maximum atomic E-state index is 11.5. The van der Waals surface area contributed by atoms with E-state index in [2.05, 4.69) is 12.6 Å². The number of carboxylic acid groups (broad SMARTS) is 1. The molecule has 1 heterocycles. The van der Waals surface area contributed by atoms with Crippen molar-refractivity contribution < 1.29 is 19.5 Å². The molecular weight excluding hydrogens is 218 g/mol. The largest absolute Gasteiger partial charge is 0.480 e. The first kappa shape index (κ1) is 12.0. The number of carbonyl (C=O) groups is 3. The van der Waals surface area contributed by atoms with E-state index in [1.54, 1.807) is 0 Å². The average molecular weight is 231 g/mol. The predicted octanol–water partition coefficient (Wildman–Crippen LogP) is -0.0490. The van der Waals surface area contributed by atoms with Gasteiger partial charge in [0.1, 0.15) is 11.8 Å². The van der Waals surface area contributed by atoms with E-state index < -0.39 is 12.0 Å². The van der Waals surface area contributed by atoms with Gasteiger partial charge < -0.3 is 10.0 Å². The van der Waals surface area contributed by atoms with Gasteiger partial charge in [-0.3, -0.25) is 9.59 Å². The van der Waals surface area contributed by atoms with Crippen LogP contribution < -0.4 is 0 Å². The van der Waals surface area contributed by atoms with E-state index in [4.69, 9.17) is 5.11 Å². The molecule has 84 valence electrons. The van der Waals surface area contributed by atoms with Crippen molar-refractivity contribution in [3.05, 3.63) is 0 Å². The van der Waals surface area contributed by atoms with Crippen LogP contribution in [0, 0.1) is 0 Å². The second kappa shape index (κ2) is 5.16. The number of carbonyl (C=O) groups excluding carboxylic acids is 2. The molecule has 5 nitrogen and oxygen atoms in total. The highest BCUT2D eigenvalue weighted by molar-refractivity contribution is 7.80. The SMILES string of the molecule is O=C1CCN(C(=O)CCS)C(C(=O)O)C1. The Balaban J connectivity index is 2.72. The number of amides is 1. The van der Waals surface area contributed by atoms with Crippen LogP contribution in [0.2, 0.25) is 0 Å². The summed E-state index contributed by atoms with van der Waals surface area (Å²) in [5.41, 5.74) is 0. The van der Waals surface area contributed by atoms with E-state index in [0.29, 0.717) is 5.75 Å². The Bertz CT molecular complexity index is 292. The lowest BCUT2D eigenvalue weighted by molar-refractivity contribution is -0.154. The van der Waals surface area contributed by atoms with E-state index >= 15 is 0 Å². The first-order valence-corrected chi connectivity index (χ1v) is 5.34. The molecule has 1 aliphatic heterocycles. The molecule has 1 saturated heterocycles. The van der Waals surface area contributed by atoms with Crippen LogP contribution in [0.25, 0.3) is 0 Å². The molecule has 0 spiro atoms. The lowest BCUT2D eigenvalue weighted by Gasteiger charge is -2.32. The number of piperidine rings is 1. The fourth-order valence-corrected chi connectivity index (χ4v) is 1.78. The first-order valence-electron chi connectivity index (χ1n) is 4.71. The molecule has 1 atom stereocenters. The van der Waals surface area contributed by atoms with Gasteiger partial charge in [0.25, 0.3) is 0 Å². The molecule has 1 N–H and O–H groups in total. The molecule has 1 rings (SSSR count). The Labute approximate surface area is 92.8 Å². The summed E-state index contributed by atoms with van der Waals surface area (Å²) in [6, 6.07) is -0.987. The van der Waals surface area contributed by atoms with Crippen molar-refractivity contribution in [3.8, 4) is 0 Å². The van der Waals surface area contributed by atoms with Gasteiger partial charge in [0.05, 0.1) is 0 Å². The number of aliphatic carboxylic acids is 1. The van der Waals surface area contributed by atoms with Gasteiger partial charge in [-0.25, -0.2) is 4.79 Å². The molecule has 15 heavy (non-hydrogen) atoms. The summed E-state index contributed by atoms with van der Waals surface area (Å²) in [6.07, 6.45) is 0.386. The molecule has 1 fully saturated rings. The smallest absolute Gasteiger partial charge is 0.326 e. The molecule has 6 heteroatoms. The summed E-state index contributed by atoms with van der Waals surface area (Å²) in [4.78, 5) is 34.7. The number of thiol groups is 1. The second-order valence-corrected chi connectivity index (χ2v) is 3.85. The van der Waals surface area contributed by atoms with Gasteiger partial charge in [0.2, 0.25) is 5.91 Å². The predicted molar refractivity (Wildman–Crippen MR) is 55.8 cm³/mol. The Morgan fingerprint density at radius 1 is 1.53 bits per heavy atom. The Kier molecular flexibility index (Phi) is 4.14. The van der Waals surface area contributed by atoms with E-state index in [1.165, 1.54) is 4.90 Å². The fourth-order valence-electron chi connectivity index (χ4n) is 1.59. The number of ketones is 1. The topological polar surface area (TPSA) is 74.7 Å². The number of hydrogen-bond acceptors (Lipinski definition) is 4. The summed E-state index contributed by atoms with van der Waals surface area (Å²) in [5.74, 6) is -1.08. The van der Waals surface area contributed by atoms with Gasteiger partial charge in [-0.2, -0.15) is 12.6 Å². The molecule has 0 aliphatic carbocycles. The van der Waals surface area contributed by atoms with Gasteiger partial charge in [0.15, 0.2) is 0 Å². The lowest BCUT2D eigenvalue weighted by atomic mass is 10.0. The third-order valence-electron chi connectivity index (χ3n) is 2.36. The third kappa shape index (κ3) is 2.95. The molecule has 0 aromatic heterocycles. The summed E-state index contributed by atoms with van der Waals surface area (Å²) in [5, 5.41) is 8.88. The molecule has 1 unspecified atom stereocenters. The molecule has 0 saturated carbocycles. The van der Waals surface area contributed by atoms with Crippen molar-refractivity contribution in [2.75, 3.05) is 12.3 Å². The van der Waals surface area contributed by atoms with E-state index in [9.17, 15) is 14.4 Å². The van der Waals surface area contributed by atoms with Crippen LogP contribution >= 0.6 is 12.6 Å². The number of rotatable bonds is 3. The summed E-state index contributed by atoms with van der Waals surface area (Å²) in [7, 11) is 0. The minimum atomic E-state index is -1.12. The van der Waals surface area contributed by atoms with Crippen LogP contribution in [-0.4, -0.2) is 46.0 Å². The van der Waals surface area contributed by atoms with Crippen molar-refractivity contribution in [2.24, 2.45) is 0 Å². The van der Waals surface area contributed by atoms with Crippen LogP contribution in [0.1, 0.15) is 19.3 Å². The van der Waals surface area contributed by atoms with Crippen molar-refractivity contribution in [1.82, 2.24) is 4.90 Å². The van der Waals surface area contributed by atoms with Crippen LogP contribution in [0.5, 0.6) is 0 Å². The maximum Gasteiger partial charge on any atom is 0.326 e. The maximum absolute atomic E-state index is 11.5. The fraction of sp³-hybridized carbons (Fsp3) is 0.667. The zero-order valence-electron chi connectivity index (χ0n) is 8.18. The van der Waals surface area contributed by atoms with Gasteiger partial charge in [0, 0.05) is 25.8 Å². The number of likely N-dealkylation sites (tertiary alicyclic amines) is 1. The standard InChI is InChI=1S/C9H13NO4S/c11-6-1-3-10(8(12)2-4-15)7(5-6)9(13)14/h7,15H,1-5H2,(H,13,14). The Morgan fingerprint density at radius 2 is 2.20 bits per heavy atom. The van der Waals surface area contributed by atoms with Crippen LogP contribution in [-0.2, 0) is 14.4 Å². The number of nitrogens with zero attached hydrogens (tertiary/aromatic N) is 1. The zero-order chi connectivity index (χ0) is 11.4. The van der Waals surface area contributed by atoms with Crippen molar-refractivity contribution in [2.45, 2.75) is 25.3 Å². The second-order valence-electron chi connectivity index (χ2n) is 3.41. The normalized spacial score (nSPS) is 21.5. The van der Waals surface area contributed by atoms with Crippen molar-refractivity contribution in [1.29, 1.82) is 0 Å².